The van der Waals surface area contributed by atoms with Crippen molar-refractivity contribution in [3.05, 3.63) is 89.2 Å². The first-order valence-electron chi connectivity index (χ1n) is 16.6. The second kappa shape index (κ2) is 18.5. The first-order valence-corrected chi connectivity index (χ1v) is 16.6. The van der Waals surface area contributed by atoms with E-state index in [2.05, 4.69) is 4.90 Å². The number of ether oxygens (including phenoxy) is 6. The van der Waals surface area contributed by atoms with Crippen molar-refractivity contribution < 1.29 is 43.1 Å². The summed E-state index contributed by atoms with van der Waals surface area (Å²) in [5.41, 5.74) is 4.30. The van der Waals surface area contributed by atoms with Gasteiger partial charge in [-0.05, 0) is 41.8 Å². The van der Waals surface area contributed by atoms with Crippen LogP contribution in [0.2, 0.25) is 0 Å². The Labute approximate surface area is 282 Å². The number of carbonyl (C=O) groups excluding carboxylic acids is 2. The number of ketones is 1. The summed E-state index contributed by atoms with van der Waals surface area (Å²) in [5, 5.41) is 11.0. The fraction of sp³-hybridized carbons (Fsp3) is 0.459. The number of rotatable bonds is 8. The molecule has 1 unspecified atom stereocenters. The Kier molecular flexibility index (Phi) is 13.6. The van der Waals surface area contributed by atoms with E-state index in [1.807, 2.05) is 72.6 Å². The summed E-state index contributed by atoms with van der Waals surface area (Å²) in [6, 6.07) is 15.2. The summed E-state index contributed by atoms with van der Waals surface area (Å²) < 4.78 is 33.5. The van der Waals surface area contributed by atoms with Gasteiger partial charge < -0.3 is 43.3 Å². The van der Waals surface area contributed by atoms with Gasteiger partial charge in [0.25, 0.3) is 0 Å². The molecule has 1 heterocycles. The first kappa shape index (κ1) is 35.3. The fourth-order valence-electron chi connectivity index (χ4n) is 5.62. The lowest BCUT2D eigenvalue weighted by Crippen LogP contribution is -2.32. The molecule has 3 aliphatic rings. The summed E-state index contributed by atoms with van der Waals surface area (Å²) >= 11 is 0. The van der Waals surface area contributed by atoms with Gasteiger partial charge in [-0.25, -0.2) is 4.79 Å². The number of hydrogen-bond acceptors (Lipinski definition) is 11. The minimum Gasteiger partial charge on any atom is -0.510 e. The van der Waals surface area contributed by atoms with Gasteiger partial charge in [0.2, 0.25) is 0 Å². The summed E-state index contributed by atoms with van der Waals surface area (Å²) in [4.78, 5) is 29.5. The number of aliphatic hydroxyl groups is 1. The standard InChI is InChI=1S/C37H46N2O9/c1-38(14-19-48-37(42)30-4-2-3-5-30)31-10-6-28(7-11-31)33-35(40)34(36(33)41)29-8-12-32(13-9-29)39-15-17-43-20-22-45-24-26-47-27-25-46-23-21-44-18-16-39/h2-4,6-13,34,40H,5,14-27H2,1H3. The average molecular weight is 663 g/mol. The van der Waals surface area contributed by atoms with Crippen molar-refractivity contribution in [2.45, 2.75) is 12.3 Å². The van der Waals surface area contributed by atoms with E-state index in [0.717, 1.165) is 16.9 Å². The molecule has 11 nitrogen and oxygen atoms in total. The second-order valence-corrected chi connectivity index (χ2v) is 11.6. The Balaban J connectivity index is 1.14. The topological polar surface area (TPSA) is 116 Å². The predicted molar refractivity (Wildman–Crippen MR) is 183 cm³/mol. The first-order chi connectivity index (χ1) is 23.5. The molecule has 5 rings (SSSR count). The quantitative estimate of drug-likeness (QED) is 0.412. The van der Waals surface area contributed by atoms with E-state index in [0.29, 0.717) is 109 Å². The molecule has 2 aromatic rings. The van der Waals surface area contributed by atoms with Gasteiger partial charge in [-0.1, -0.05) is 42.5 Å². The number of nitrogens with zero attached hydrogens (tertiary/aromatic N) is 2. The van der Waals surface area contributed by atoms with Crippen molar-refractivity contribution in [3.8, 4) is 0 Å². The molecule has 0 aromatic heterocycles. The normalized spacial score (nSPS) is 20.4. The SMILES string of the molecule is CN(CCOC(=O)C1=CC=CC1)c1ccc(C2=C(O)C(c3ccc(N4CCOCCOCCOCCOCCOCC4)cc3)C2=O)cc1. The van der Waals surface area contributed by atoms with Crippen molar-refractivity contribution in [1.82, 2.24) is 0 Å². The Morgan fingerprint density at radius 3 is 1.92 bits per heavy atom. The molecule has 1 saturated heterocycles. The van der Waals surface area contributed by atoms with E-state index < -0.39 is 5.92 Å². The molecule has 1 atom stereocenters. The Hall–Kier alpha value is -4.00. The number of likely N-dealkylation sites (N-methyl/N-ethyl adjacent to an activating group) is 1. The predicted octanol–water partition coefficient (Wildman–Crippen LogP) is 4.09. The third-order valence-electron chi connectivity index (χ3n) is 8.42. The largest absolute Gasteiger partial charge is 0.510 e. The number of aliphatic hydroxyl groups excluding tert-OH is 1. The van der Waals surface area contributed by atoms with Crippen molar-refractivity contribution in [3.63, 3.8) is 0 Å². The van der Waals surface area contributed by atoms with Gasteiger partial charge in [0.05, 0.1) is 78.2 Å². The molecule has 1 aliphatic heterocycles. The molecular weight excluding hydrogens is 616 g/mol. The molecule has 48 heavy (non-hydrogen) atoms. The Morgan fingerprint density at radius 2 is 1.40 bits per heavy atom. The lowest BCUT2D eigenvalue weighted by molar-refractivity contribution is -0.138. The summed E-state index contributed by atoms with van der Waals surface area (Å²) in [6.07, 6.45) is 6.16. The van der Waals surface area contributed by atoms with Crippen LogP contribution in [0.4, 0.5) is 11.4 Å². The lowest BCUT2D eigenvalue weighted by atomic mass is 9.75. The third kappa shape index (κ3) is 9.77. The number of Topliss-reactive ketones (excluding diaryl/α,β-unsaturated/α-hetero) is 1. The van der Waals surface area contributed by atoms with Gasteiger partial charge in [0.15, 0.2) is 5.78 Å². The zero-order valence-corrected chi connectivity index (χ0v) is 27.6. The summed E-state index contributed by atoms with van der Waals surface area (Å²) in [6.45, 7) is 7.24. The second-order valence-electron chi connectivity index (χ2n) is 11.6. The minimum atomic E-state index is -0.686. The molecule has 11 heteroatoms. The van der Waals surface area contributed by atoms with Gasteiger partial charge in [-0.2, -0.15) is 0 Å². The molecule has 1 fully saturated rings. The van der Waals surface area contributed by atoms with Gasteiger partial charge in [0, 0.05) is 37.1 Å². The van der Waals surface area contributed by atoms with Gasteiger partial charge in [-0.3, -0.25) is 4.79 Å². The van der Waals surface area contributed by atoms with Crippen LogP contribution in [0.5, 0.6) is 0 Å². The molecule has 0 spiro atoms. The maximum atomic E-state index is 13.3. The van der Waals surface area contributed by atoms with Crippen molar-refractivity contribution in [1.29, 1.82) is 0 Å². The van der Waals surface area contributed by atoms with E-state index in [4.69, 9.17) is 28.4 Å². The Morgan fingerprint density at radius 1 is 0.833 bits per heavy atom. The smallest absolute Gasteiger partial charge is 0.334 e. The number of esters is 1. The van der Waals surface area contributed by atoms with E-state index in [1.54, 1.807) is 6.08 Å². The van der Waals surface area contributed by atoms with Crippen molar-refractivity contribution >= 4 is 28.7 Å². The lowest BCUT2D eigenvalue weighted by Gasteiger charge is -2.30. The van der Waals surface area contributed by atoms with Crippen LogP contribution in [0.3, 0.4) is 0 Å². The molecule has 1 N–H and O–H groups in total. The number of carbonyl (C=O) groups is 2. The van der Waals surface area contributed by atoms with Crippen LogP contribution in [0.25, 0.3) is 5.57 Å². The van der Waals surface area contributed by atoms with Crippen molar-refractivity contribution in [2.75, 3.05) is 109 Å². The van der Waals surface area contributed by atoms with Crippen LogP contribution in [0.1, 0.15) is 23.5 Å². The fourth-order valence-corrected chi connectivity index (χ4v) is 5.62. The van der Waals surface area contributed by atoms with E-state index >= 15 is 0 Å². The highest BCUT2D eigenvalue weighted by atomic mass is 16.6. The van der Waals surface area contributed by atoms with Crippen LogP contribution >= 0.6 is 0 Å². The average Bonchev–Trinajstić information content (AvgIpc) is 3.65. The number of allylic oxidation sites excluding steroid dienone is 5. The van der Waals surface area contributed by atoms with Gasteiger partial charge in [0.1, 0.15) is 18.3 Å². The van der Waals surface area contributed by atoms with Crippen LogP contribution < -0.4 is 9.80 Å². The zero-order chi connectivity index (χ0) is 33.6. The van der Waals surface area contributed by atoms with E-state index in [9.17, 15) is 14.7 Å². The molecule has 258 valence electrons. The van der Waals surface area contributed by atoms with Crippen LogP contribution in [0.15, 0.2) is 78.1 Å². The maximum absolute atomic E-state index is 13.3. The number of benzene rings is 2. The van der Waals surface area contributed by atoms with Crippen molar-refractivity contribution in [2.24, 2.45) is 0 Å². The molecule has 2 aliphatic carbocycles. The monoisotopic (exact) mass is 662 g/mol. The highest BCUT2D eigenvalue weighted by Gasteiger charge is 2.41. The molecular formula is C37H46N2O9. The summed E-state index contributed by atoms with van der Waals surface area (Å²) in [5.74, 6) is -1.01. The highest BCUT2D eigenvalue weighted by Crippen LogP contribution is 2.43. The van der Waals surface area contributed by atoms with E-state index in [1.165, 1.54) is 0 Å². The molecule has 0 saturated carbocycles. The Bertz CT molecular complexity index is 1420. The molecule has 0 bridgehead atoms. The minimum absolute atomic E-state index is 0.0748. The van der Waals surface area contributed by atoms with Crippen LogP contribution in [-0.4, -0.2) is 116 Å². The molecule has 2 aromatic carbocycles. The molecule has 0 radical (unpaired) electrons. The maximum Gasteiger partial charge on any atom is 0.334 e. The molecule has 0 amide bonds. The summed E-state index contributed by atoms with van der Waals surface area (Å²) in [7, 11) is 1.91. The number of hydrogen-bond donors (Lipinski definition) is 1. The van der Waals surface area contributed by atoms with Crippen LogP contribution in [0, 0.1) is 0 Å². The third-order valence-corrected chi connectivity index (χ3v) is 8.42. The van der Waals surface area contributed by atoms with Gasteiger partial charge in [-0.15, -0.1) is 0 Å². The zero-order valence-electron chi connectivity index (χ0n) is 27.6. The van der Waals surface area contributed by atoms with E-state index in [-0.39, 0.29) is 24.1 Å². The van der Waals surface area contributed by atoms with Crippen LogP contribution in [-0.2, 0) is 38.0 Å². The van der Waals surface area contributed by atoms with Gasteiger partial charge >= 0.3 is 5.97 Å². The number of anilines is 2. The highest BCUT2D eigenvalue weighted by molar-refractivity contribution is 6.31.